The van der Waals surface area contributed by atoms with Crippen molar-refractivity contribution in [2.24, 2.45) is 0 Å². The molecular weight excluding hydrogens is 206 g/mol. The number of H-pyrrole nitrogens is 1. The lowest BCUT2D eigenvalue weighted by Crippen LogP contribution is -2.25. The molecule has 0 spiro atoms. The van der Waals surface area contributed by atoms with Crippen LogP contribution in [-0.4, -0.2) is 26.5 Å². The summed E-state index contributed by atoms with van der Waals surface area (Å²) >= 11 is 0. The van der Waals surface area contributed by atoms with Crippen LogP contribution in [0.1, 0.15) is 11.4 Å². The highest BCUT2D eigenvalue weighted by atomic mass is 16.1. The van der Waals surface area contributed by atoms with Crippen molar-refractivity contribution in [3.8, 4) is 0 Å². The van der Waals surface area contributed by atoms with E-state index in [0.29, 0.717) is 18.8 Å². The summed E-state index contributed by atoms with van der Waals surface area (Å²) in [6, 6.07) is 9.55. The lowest BCUT2D eigenvalue weighted by Gasteiger charge is -2.02. The molecule has 82 valence electrons. The first kappa shape index (κ1) is 10.3. The van der Waals surface area contributed by atoms with Crippen LogP contribution in [-0.2, 0) is 17.8 Å². The van der Waals surface area contributed by atoms with Gasteiger partial charge in [0.25, 0.3) is 0 Å². The summed E-state index contributed by atoms with van der Waals surface area (Å²) in [6.07, 6.45) is 0.360. The van der Waals surface area contributed by atoms with Crippen molar-refractivity contribution >= 4 is 5.91 Å². The second-order valence-corrected chi connectivity index (χ2v) is 3.27. The maximum Gasteiger partial charge on any atom is 0.224 e. The molecule has 2 aromatic rings. The highest BCUT2D eigenvalue weighted by Crippen LogP contribution is 1.99. The Morgan fingerprint density at radius 1 is 1.31 bits per heavy atom. The van der Waals surface area contributed by atoms with Crippen LogP contribution in [0.5, 0.6) is 0 Å². The second-order valence-electron chi connectivity index (χ2n) is 3.27. The highest BCUT2D eigenvalue weighted by Gasteiger charge is 2.04. The zero-order valence-corrected chi connectivity index (χ0v) is 8.55. The Hall–Kier alpha value is -2.24. The standard InChI is InChI=1S/C10H11N5O/c16-10(6-8-4-2-1-3-5-8)11-7-9-12-14-15-13-9/h1-5H,6-7H2,(H,11,16)(H,12,13,14,15). The van der Waals surface area contributed by atoms with Gasteiger partial charge >= 0.3 is 0 Å². The van der Waals surface area contributed by atoms with Gasteiger partial charge in [-0.2, -0.15) is 5.21 Å². The van der Waals surface area contributed by atoms with Gasteiger partial charge in [-0.3, -0.25) is 4.79 Å². The zero-order valence-electron chi connectivity index (χ0n) is 8.55. The number of hydrogen-bond acceptors (Lipinski definition) is 4. The smallest absolute Gasteiger partial charge is 0.224 e. The predicted molar refractivity (Wildman–Crippen MR) is 56.2 cm³/mol. The first-order valence-corrected chi connectivity index (χ1v) is 4.87. The molecule has 2 N–H and O–H groups in total. The maximum atomic E-state index is 11.5. The quantitative estimate of drug-likeness (QED) is 0.758. The number of tetrazole rings is 1. The first-order valence-electron chi connectivity index (χ1n) is 4.87. The van der Waals surface area contributed by atoms with Gasteiger partial charge in [0.05, 0.1) is 13.0 Å². The number of carbonyl (C=O) groups excluding carboxylic acids is 1. The molecule has 0 atom stereocenters. The minimum absolute atomic E-state index is 0.0593. The summed E-state index contributed by atoms with van der Waals surface area (Å²) in [5, 5.41) is 15.9. The first-order chi connectivity index (χ1) is 7.84. The number of aromatic amines is 1. The number of nitrogens with zero attached hydrogens (tertiary/aromatic N) is 3. The summed E-state index contributed by atoms with van der Waals surface area (Å²) in [5.74, 6) is 0.414. The van der Waals surface area contributed by atoms with Gasteiger partial charge in [0.15, 0.2) is 5.82 Å². The third-order valence-corrected chi connectivity index (χ3v) is 2.04. The lowest BCUT2D eigenvalue weighted by atomic mass is 10.1. The third kappa shape index (κ3) is 2.88. The number of benzene rings is 1. The highest BCUT2D eigenvalue weighted by molar-refractivity contribution is 5.78. The number of carbonyl (C=O) groups is 1. The fraction of sp³-hybridized carbons (Fsp3) is 0.200. The van der Waals surface area contributed by atoms with E-state index in [1.807, 2.05) is 30.3 Å². The molecule has 1 aromatic heterocycles. The Kier molecular flexibility index (Phi) is 3.22. The molecule has 6 nitrogen and oxygen atoms in total. The van der Waals surface area contributed by atoms with Crippen LogP contribution in [0, 0.1) is 0 Å². The van der Waals surface area contributed by atoms with E-state index < -0.39 is 0 Å². The fourth-order valence-corrected chi connectivity index (χ4v) is 1.28. The molecule has 0 bridgehead atoms. The Labute approximate surface area is 92.1 Å². The van der Waals surface area contributed by atoms with E-state index in [0.717, 1.165) is 5.56 Å². The van der Waals surface area contributed by atoms with E-state index >= 15 is 0 Å². The van der Waals surface area contributed by atoms with Gasteiger partial charge < -0.3 is 5.32 Å². The molecule has 0 radical (unpaired) electrons. The van der Waals surface area contributed by atoms with Crippen LogP contribution >= 0.6 is 0 Å². The SMILES string of the molecule is O=C(Cc1ccccc1)NCc1nn[nH]n1. The van der Waals surface area contributed by atoms with Crippen LogP contribution in [0.3, 0.4) is 0 Å². The minimum Gasteiger partial charge on any atom is -0.348 e. The van der Waals surface area contributed by atoms with Crippen LogP contribution in [0.2, 0.25) is 0 Å². The van der Waals surface area contributed by atoms with Crippen molar-refractivity contribution in [3.63, 3.8) is 0 Å². The van der Waals surface area contributed by atoms with Crippen molar-refractivity contribution in [2.75, 3.05) is 0 Å². The van der Waals surface area contributed by atoms with Crippen LogP contribution in [0.15, 0.2) is 30.3 Å². The molecule has 0 aliphatic rings. The maximum absolute atomic E-state index is 11.5. The van der Waals surface area contributed by atoms with Crippen molar-refractivity contribution in [1.82, 2.24) is 25.9 Å². The lowest BCUT2D eigenvalue weighted by molar-refractivity contribution is -0.120. The normalized spacial score (nSPS) is 10.0. The molecule has 0 aliphatic heterocycles. The second kappa shape index (κ2) is 5.01. The third-order valence-electron chi connectivity index (χ3n) is 2.04. The van der Waals surface area contributed by atoms with E-state index in [1.54, 1.807) is 0 Å². The molecule has 1 heterocycles. The van der Waals surface area contributed by atoms with E-state index in [1.165, 1.54) is 0 Å². The Morgan fingerprint density at radius 3 is 2.81 bits per heavy atom. The number of nitrogens with one attached hydrogen (secondary N) is 2. The average molecular weight is 217 g/mol. The molecule has 0 saturated carbocycles. The van der Waals surface area contributed by atoms with Gasteiger partial charge in [-0.1, -0.05) is 35.5 Å². The molecular formula is C10H11N5O. The molecule has 0 aliphatic carbocycles. The average Bonchev–Trinajstić information content (AvgIpc) is 2.81. The van der Waals surface area contributed by atoms with Crippen molar-refractivity contribution in [1.29, 1.82) is 0 Å². The summed E-state index contributed by atoms with van der Waals surface area (Å²) < 4.78 is 0. The van der Waals surface area contributed by atoms with E-state index in [-0.39, 0.29) is 5.91 Å². The van der Waals surface area contributed by atoms with Crippen molar-refractivity contribution in [2.45, 2.75) is 13.0 Å². The van der Waals surface area contributed by atoms with Crippen LogP contribution in [0.4, 0.5) is 0 Å². The zero-order chi connectivity index (χ0) is 11.2. The largest absolute Gasteiger partial charge is 0.348 e. The molecule has 2 rings (SSSR count). The topological polar surface area (TPSA) is 83.6 Å². The molecule has 1 aromatic carbocycles. The predicted octanol–water partition coefficient (Wildman–Crippen LogP) is 0.0586. The van der Waals surface area contributed by atoms with Gasteiger partial charge in [-0.15, -0.1) is 10.2 Å². The van der Waals surface area contributed by atoms with E-state index in [9.17, 15) is 4.79 Å². The fourth-order valence-electron chi connectivity index (χ4n) is 1.28. The Balaban J connectivity index is 1.81. The number of rotatable bonds is 4. The van der Waals surface area contributed by atoms with Crippen molar-refractivity contribution in [3.05, 3.63) is 41.7 Å². The number of amides is 1. The van der Waals surface area contributed by atoms with Crippen molar-refractivity contribution < 1.29 is 4.79 Å². The van der Waals surface area contributed by atoms with Gasteiger partial charge in [0.1, 0.15) is 0 Å². The number of aromatic nitrogens is 4. The van der Waals surface area contributed by atoms with Gasteiger partial charge in [-0.25, -0.2) is 0 Å². The Morgan fingerprint density at radius 2 is 2.12 bits per heavy atom. The summed E-state index contributed by atoms with van der Waals surface area (Å²) in [4.78, 5) is 11.5. The Bertz CT molecular complexity index is 439. The summed E-state index contributed by atoms with van der Waals surface area (Å²) in [6.45, 7) is 0.294. The minimum atomic E-state index is -0.0593. The summed E-state index contributed by atoms with van der Waals surface area (Å²) in [5.41, 5.74) is 0.980. The molecule has 16 heavy (non-hydrogen) atoms. The van der Waals surface area contributed by atoms with Crippen LogP contribution < -0.4 is 5.32 Å². The van der Waals surface area contributed by atoms with Gasteiger partial charge in [0, 0.05) is 0 Å². The summed E-state index contributed by atoms with van der Waals surface area (Å²) in [7, 11) is 0. The molecule has 6 heteroatoms. The van der Waals surface area contributed by atoms with Gasteiger partial charge in [-0.05, 0) is 5.56 Å². The van der Waals surface area contributed by atoms with Gasteiger partial charge in [0.2, 0.25) is 5.91 Å². The molecule has 1 amide bonds. The van der Waals surface area contributed by atoms with E-state index in [2.05, 4.69) is 25.9 Å². The van der Waals surface area contributed by atoms with E-state index in [4.69, 9.17) is 0 Å². The molecule has 0 fully saturated rings. The van der Waals surface area contributed by atoms with Crippen LogP contribution in [0.25, 0.3) is 0 Å². The monoisotopic (exact) mass is 217 g/mol. The molecule has 0 saturated heterocycles. The number of hydrogen-bond donors (Lipinski definition) is 2. The molecule has 0 unspecified atom stereocenters.